The molecule has 0 radical (unpaired) electrons. The van der Waals surface area contributed by atoms with Gasteiger partial charge < -0.3 is 4.74 Å². The van der Waals surface area contributed by atoms with Crippen molar-refractivity contribution >= 4 is 21.8 Å². The Morgan fingerprint density at radius 3 is 2.15 bits per heavy atom. The zero-order valence-corrected chi connectivity index (χ0v) is 25.4. The second-order valence-electron chi connectivity index (χ2n) is 11.4. The Hall–Kier alpha value is -6.01. The minimum Gasteiger partial charge on any atom is -0.457 e. The molecule has 0 unspecified atom stereocenters. The number of hydrogen-bond donors (Lipinski definition) is 0. The highest BCUT2D eigenvalue weighted by atomic mass is 19.1. The van der Waals surface area contributed by atoms with Crippen molar-refractivity contribution in [2.45, 2.75) is 13.8 Å². The molecule has 0 aliphatic carbocycles. The lowest BCUT2D eigenvalue weighted by Gasteiger charge is -2.11. The standard InChI is InChI=1S/C40H29FN4O/c1-26-40(29-12-7-4-8-13-29)27(2)45(43-26)32-14-9-15-33(24-32)46-34-17-18-35-36-22-30(28-10-5-3-6-11-28)16-19-37(36)44(38(35)25-34)39-23-31(41)20-21-42-39/h3-25H,1-2H3. The maximum Gasteiger partial charge on any atom is 0.140 e. The Morgan fingerprint density at radius 1 is 0.609 bits per heavy atom. The van der Waals surface area contributed by atoms with Gasteiger partial charge in [0.1, 0.15) is 23.1 Å². The predicted octanol–water partition coefficient (Wildman–Crippen LogP) is 10.2. The van der Waals surface area contributed by atoms with E-state index >= 15 is 0 Å². The van der Waals surface area contributed by atoms with E-state index in [0.29, 0.717) is 17.3 Å². The predicted molar refractivity (Wildman–Crippen MR) is 183 cm³/mol. The molecule has 5 aromatic carbocycles. The molecule has 0 amide bonds. The van der Waals surface area contributed by atoms with E-state index in [2.05, 4.69) is 60.4 Å². The Morgan fingerprint density at radius 2 is 1.37 bits per heavy atom. The quantitative estimate of drug-likeness (QED) is 0.191. The van der Waals surface area contributed by atoms with Gasteiger partial charge in [-0.15, -0.1) is 0 Å². The molecule has 3 aromatic heterocycles. The van der Waals surface area contributed by atoms with Crippen molar-refractivity contribution in [3.05, 3.63) is 157 Å². The topological polar surface area (TPSA) is 44.9 Å². The zero-order chi connectivity index (χ0) is 31.2. The van der Waals surface area contributed by atoms with Crippen molar-refractivity contribution < 1.29 is 9.13 Å². The van der Waals surface area contributed by atoms with Crippen LogP contribution in [0.2, 0.25) is 0 Å². The molecule has 0 aliphatic heterocycles. The Bertz CT molecular complexity index is 2380. The first-order valence-electron chi connectivity index (χ1n) is 15.2. The second-order valence-corrected chi connectivity index (χ2v) is 11.4. The molecule has 5 nitrogen and oxygen atoms in total. The third-order valence-electron chi connectivity index (χ3n) is 8.43. The second kappa shape index (κ2) is 11.2. The van der Waals surface area contributed by atoms with Gasteiger partial charge in [-0.3, -0.25) is 4.57 Å². The summed E-state index contributed by atoms with van der Waals surface area (Å²) in [7, 11) is 0. The highest BCUT2D eigenvalue weighted by Gasteiger charge is 2.17. The normalized spacial score (nSPS) is 11.4. The third-order valence-corrected chi connectivity index (χ3v) is 8.43. The van der Waals surface area contributed by atoms with E-state index < -0.39 is 0 Å². The first kappa shape index (κ1) is 27.5. The highest BCUT2D eigenvalue weighted by molar-refractivity contribution is 6.10. The molecule has 0 bridgehead atoms. The van der Waals surface area contributed by atoms with Crippen LogP contribution in [0.25, 0.3) is 55.6 Å². The van der Waals surface area contributed by atoms with Crippen LogP contribution in [0.1, 0.15) is 11.4 Å². The molecule has 0 saturated carbocycles. The Kier molecular flexibility index (Phi) is 6.68. The van der Waals surface area contributed by atoms with Gasteiger partial charge in [-0.2, -0.15) is 5.10 Å². The van der Waals surface area contributed by atoms with Gasteiger partial charge in [-0.1, -0.05) is 72.8 Å². The third kappa shape index (κ3) is 4.81. The van der Waals surface area contributed by atoms with Gasteiger partial charge >= 0.3 is 0 Å². The number of halogens is 1. The summed E-state index contributed by atoms with van der Waals surface area (Å²) in [5.41, 5.74) is 9.26. The molecule has 8 rings (SSSR count). The first-order chi connectivity index (χ1) is 22.5. The lowest BCUT2D eigenvalue weighted by Crippen LogP contribution is -1.99. The Labute approximate surface area is 265 Å². The van der Waals surface area contributed by atoms with Crippen LogP contribution in [0, 0.1) is 19.7 Å². The number of benzene rings is 5. The van der Waals surface area contributed by atoms with Crippen molar-refractivity contribution in [1.29, 1.82) is 0 Å². The van der Waals surface area contributed by atoms with Crippen molar-refractivity contribution in [3.63, 3.8) is 0 Å². The van der Waals surface area contributed by atoms with Gasteiger partial charge in [-0.25, -0.2) is 14.1 Å². The summed E-state index contributed by atoms with van der Waals surface area (Å²) in [5.74, 6) is 1.50. The molecule has 0 spiro atoms. The fourth-order valence-corrected chi connectivity index (χ4v) is 6.37. The molecule has 0 fully saturated rings. The largest absolute Gasteiger partial charge is 0.457 e. The fourth-order valence-electron chi connectivity index (χ4n) is 6.37. The molecular formula is C40H29FN4O. The summed E-state index contributed by atoms with van der Waals surface area (Å²) in [6.45, 7) is 4.13. The Balaban J connectivity index is 1.21. The molecule has 6 heteroatoms. The van der Waals surface area contributed by atoms with Gasteiger partial charge in [0.2, 0.25) is 0 Å². The monoisotopic (exact) mass is 600 g/mol. The molecule has 0 atom stereocenters. The van der Waals surface area contributed by atoms with Crippen LogP contribution in [0.4, 0.5) is 4.39 Å². The molecule has 46 heavy (non-hydrogen) atoms. The van der Waals surface area contributed by atoms with E-state index in [1.807, 2.05) is 89.0 Å². The van der Waals surface area contributed by atoms with Gasteiger partial charge in [0.25, 0.3) is 0 Å². The van der Waals surface area contributed by atoms with Crippen LogP contribution in [0.3, 0.4) is 0 Å². The number of ether oxygens (including phenoxy) is 1. The molecule has 3 heterocycles. The number of rotatable bonds is 6. The molecule has 8 aromatic rings. The van der Waals surface area contributed by atoms with Gasteiger partial charge in [0.05, 0.1) is 22.4 Å². The maximum atomic E-state index is 14.5. The summed E-state index contributed by atoms with van der Waals surface area (Å²) >= 11 is 0. The molecule has 0 saturated heterocycles. The molecule has 0 N–H and O–H groups in total. The first-order valence-corrected chi connectivity index (χ1v) is 15.2. The maximum absolute atomic E-state index is 14.5. The minimum absolute atomic E-state index is 0.343. The van der Waals surface area contributed by atoms with Crippen molar-refractivity contribution in [2.75, 3.05) is 0 Å². The van der Waals surface area contributed by atoms with Gasteiger partial charge in [0.15, 0.2) is 0 Å². The van der Waals surface area contributed by atoms with E-state index in [0.717, 1.165) is 61.1 Å². The van der Waals surface area contributed by atoms with E-state index in [1.165, 1.54) is 18.3 Å². The average molecular weight is 601 g/mol. The van der Waals surface area contributed by atoms with Crippen molar-refractivity contribution in [2.24, 2.45) is 0 Å². The summed E-state index contributed by atoms with van der Waals surface area (Å²) in [5, 5.41) is 6.95. The summed E-state index contributed by atoms with van der Waals surface area (Å²) in [4.78, 5) is 4.53. The molecule has 0 aliphatic rings. The number of nitrogens with zero attached hydrogens (tertiary/aromatic N) is 4. The van der Waals surface area contributed by atoms with Crippen molar-refractivity contribution in [3.8, 4) is 45.3 Å². The van der Waals surface area contributed by atoms with Crippen LogP contribution in [0.15, 0.2) is 140 Å². The number of aromatic nitrogens is 4. The lowest BCUT2D eigenvalue weighted by atomic mass is 10.0. The van der Waals surface area contributed by atoms with Crippen LogP contribution in [0.5, 0.6) is 11.5 Å². The average Bonchev–Trinajstić information content (AvgIpc) is 3.57. The summed E-state index contributed by atoms with van der Waals surface area (Å²) < 4.78 is 24.9. The van der Waals surface area contributed by atoms with Crippen molar-refractivity contribution in [1.82, 2.24) is 19.3 Å². The van der Waals surface area contributed by atoms with Gasteiger partial charge in [-0.05, 0) is 73.0 Å². The summed E-state index contributed by atoms with van der Waals surface area (Å²) in [6.07, 6.45) is 1.49. The number of pyridine rings is 1. The van der Waals surface area contributed by atoms with Crippen LogP contribution in [-0.4, -0.2) is 19.3 Å². The van der Waals surface area contributed by atoms with E-state index in [1.54, 1.807) is 0 Å². The number of fused-ring (bicyclic) bond motifs is 3. The fraction of sp³-hybridized carbons (Fsp3) is 0.0500. The zero-order valence-electron chi connectivity index (χ0n) is 25.4. The summed E-state index contributed by atoms with van der Waals surface area (Å²) in [6, 6.07) is 43.8. The van der Waals surface area contributed by atoms with Crippen LogP contribution < -0.4 is 4.74 Å². The minimum atomic E-state index is -0.343. The smallest absolute Gasteiger partial charge is 0.140 e. The molecular weight excluding hydrogens is 571 g/mol. The number of hydrogen-bond acceptors (Lipinski definition) is 3. The van der Waals surface area contributed by atoms with Gasteiger partial charge in [0, 0.05) is 46.4 Å². The van der Waals surface area contributed by atoms with Crippen LogP contribution in [-0.2, 0) is 0 Å². The van der Waals surface area contributed by atoms with E-state index in [4.69, 9.17) is 9.84 Å². The molecule has 222 valence electrons. The lowest BCUT2D eigenvalue weighted by molar-refractivity contribution is 0.482. The SMILES string of the molecule is Cc1nn(-c2cccc(Oc3ccc4c5cc(-c6ccccc6)ccc5n(-c5cc(F)ccn5)c4c3)c2)c(C)c1-c1ccccc1. The van der Waals surface area contributed by atoms with E-state index in [-0.39, 0.29) is 5.82 Å². The van der Waals surface area contributed by atoms with E-state index in [9.17, 15) is 4.39 Å². The number of aryl methyl sites for hydroxylation is 1. The van der Waals surface area contributed by atoms with Crippen LogP contribution >= 0.6 is 0 Å². The highest BCUT2D eigenvalue weighted by Crippen LogP contribution is 2.37.